The van der Waals surface area contributed by atoms with Crippen LogP contribution in [0.25, 0.3) is 5.69 Å². The minimum atomic E-state index is -4.69. The van der Waals surface area contributed by atoms with Crippen LogP contribution in [0.4, 0.5) is 13.2 Å². The molecular formula is C23H27F3N2O. The Morgan fingerprint density at radius 1 is 1.10 bits per heavy atom. The largest absolute Gasteiger partial charge is 0.423 e. The molecule has 0 aliphatic heterocycles. The standard InChI is InChI=1S/C23H27F3N2O/c1-5-7-18-11-16(3)21(17(4)12-18)28-22(29)20(23(24,25)26)14-27(28)13-19-9-6-8-15(2)10-19/h8,10-12,14H,5-7,9,13H2,1-4H3. The molecule has 0 fully saturated rings. The van der Waals surface area contributed by atoms with E-state index in [4.69, 9.17) is 0 Å². The third kappa shape index (κ3) is 4.41. The van der Waals surface area contributed by atoms with Crippen molar-refractivity contribution in [3.63, 3.8) is 0 Å². The van der Waals surface area contributed by atoms with Crippen LogP contribution in [0, 0.1) is 13.8 Å². The van der Waals surface area contributed by atoms with Crippen LogP contribution >= 0.6 is 0 Å². The van der Waals surface area contributed by atoms with Gasteiger partial charge in [-0.2, -0.15) is 13.2 Å². The van der Waals surface area contributed by atoms with Crippen molar-refractivity contribution in [1.29, 1.82) is 0 Å². The second kappa shape index (κ2) is 8.09. The maximum atomic E-state index is 13.5. The van der Waals surface area contributed by atoms with Crippen molar-refractivity contribution in [2.45, 2.75) is 66.1 Å². The molecule has 0 spiro atoms. The van der Waals surface area contributed by atoms with E-state index in [0.717, 1.165) is 59.7 Å². The van der Waals surface area contributed by atoms with Gasteiger partial charge in [0.15, 0.2) is 0 Å². The first-order valence-corrected chi connectivity index (χ1v) is 9.98. The summed E-state index contributed by atoms with van der Waals surface area (Å²) >= 11 is 0. The summed E-state index contributed by atoms with van der Waals surface area (Å²) in [6.07, 6.45) is 3.87. The van der Waals surface area contributed by atoms with Gasteiger partial charge < -0.3 is 0 Å². The maximum Gasteiger partial charge on any atom is 0.423 e. The second-order valence-corrected chi connectivity index (χ2v) is 7.87. The van der Waals surface area contributed by atoms with Gasteiger partial charge in [0.1, 0.15) is 5.56 Å². The molecule has 1 heterocycles. The van der Waals surface area contributed by atoms with E-state index >= 15 is 0 Å². The normalized spacial score (nSPS) is 14.7. The Kier molecular flexibility index (Phi) is 5.92. The van der Waals surface area contributed by atoms with Gasteiger partial charge in [-0.3, -0.25) is 9.48 Å². The van der Waals surface area contributed by atoms with Gasteiger partial charge >= 0.3 is 6.18 Å². The van der Waals surface area contributed by atoms with E-state index < -0.39 is 17.3 Å². The molecule has 1 aliphatic rings. The zero-order valence-corrected chi connectivity index (χ0v) is 17.4. The molecule has 0 unspecified atom stereocenters. The SMILES string of the molecule is CCCc1cc(C)c(-n2c(=O)c(C(F)(F)F)cn2CC2=CC(C)=CCC2)c(C)c1. The van der Waals surface area contributed by atoms with Crippen LogP contribution in [0.15, 0.2) is 46.4 Å². The van der Waals surface area contributed by atoms with E-state index in [9.17, 15) is 18.0 Å². The molecule has 0 N–H and O–H groups in total. The Balaban J connectivity index is 2.19. The Bertz CT molecular complexity index is 1010. The van der Waals surface area contributed by atoms with Crippen LogP contribution in [0.1, 0.15) is 55.4 Å². The molecule has 6 heteroatoms. The van der Waals surface area contributed by atoms with Gasteiger partial charge in [0, 0.05) is 6.20 Å². The number of hydrogen-bond donors (Lipinski definition) is 0. The number of halogens is 3. The van der Waals surface area contributed by atoms with Crippen LogP contribution in [-0.4, -0.2) is 9.36 Å². The number of rotatable bonds is 5. The molecule has 1 aliphatic carbocycles. The molecule has 0 saturated heterocycles. The summed E-state index contributed by atoms with van der Waals surface area (Å²) in [4.78, 5) is 12.8. The number of benzene rings is 1. The minimum absolute atomic E-state index is 0.256. The monoisotopic (exact) mass is 404 g/mol. The number of hydrogen-bond acceptors (Lipinski definition) is 1. The molecule has 0 radical (unpaired) electrons. The lowest BCUT2D eigenvalue weighted by Crippen LogP contribution is -2.27. The third-order valence-electron chi connectivity index (χ3n) is 5.29. The average molecular weight is 404 g/mol. The first kappa shape index (κ1) is 21.2. The van der Waals surface area contributed by atoms with Gasteiger partial charge in [0.2, 0.25) is 0 Å². The molecule has 0 amide bonds. The quantitative estimate of drug-likeness (QED) is 0.610. The summed E-state index contributed by atoms with van der Waals surface area (Å²) in [5.74, 6) is 0. The van der Waals surface area contributed by atoms with Crippen molar-refractivity contribution in [3.05, 3.63) is 74.2 Å². The van der Waals surface area contributed by atoms with Crippen molar-refractivity contribution in [2.75, 3.05) is 0 Å². The van der Waals surface area contributed by atoms with E-state index in [-0.39, 0.29) is 6.54 Å². The molecule has 29 heavy (non-hydrogen) atoms. The predicted octanol–water partition coefficient (Wildman–Crippen LogP) is 5.89. The molecule has 0 bridgehead atoms. The van der Waals surface area contributed by atoms with Crippen LogP contribution in [0.5, 0.6) is 0 Å². The Morgan fingerprint density at radius 3 is 2.31 bits per heavy atom. The van der Waals surface area contributed by atoms with Crippen LogP contribution < -0.4 is 5.56 Å². The maximum absolute atomic E-state index is 13.5. The molecule has 3 nitrogen and oxygen atoms in total. The van der Waals surface area contributed by atoms with Gasteiger partial charge in [0.05, 0.1) is 12.2 Å². The Labute approximate surface area is 169 Å². The van der Waals surface area contributed by atoms with E-state index in [0.29, 0.717) is 5.69 Å². The first-order valence-electron chi connectivity index (χ1n) is 9.98. The highest BCUT2D eigenvalue weighted by Crippen LogP contribution is 2.29. The number of aryl methyl sites for hydroxylation is 3. The summed E-state index contributed by atoms with van der Waals surface area (Å²) < 4.78 is 43.2. The van der Waals surface area contributed by atoms with Gasteiger partial charge in [-0.15, -0.1) is 0 Å². The van der Waals surface area contributed by atoms with E-state index in [1.165, 1.54) is 9.36 Å². The van der Waals surface area contributed by atoms with Gasteiger partial charge in [0.25, 0.3) is 5.56 Å². The second-order valence-electron chi connectivity index (χ2n) is 7.87. The Hall–Kier alpha value is -2.50. The summed E-state index contributed by atoms with van der Waals surface area (Å²) in [5.41, 5.74) is 3.24. The summed E-state index contributed by atoms with van der Waals surface area (Å²) in [7, 11) is 0. The van der Waals surface area contributed by atoms with Crippen LogP contribution in [-0.2, 0) is 19.1 Å². The predicted molar refractivity (Wildman–Crippen MR) is 110 cm³/mol. The average Bonchev–Trinajstić information content (AvgIpc) is 2.92. The van der Waals surface area contributed by atoms with Gasteiger partial charge in [-0.05, 0) is 62.3 Å². The van der Waals surface area contributed by atoms with Crippen LogP contribution in [0.2, 0.25) is 0 Å². The van der Waals surface area contributed by atoms with E-state index in [1.807, 2.05) is 39.0 Å². The number of aromatic nitrogens is 2. The zero-order valence-electron chi connectivity index (χ0n) is 17.4. The fourth-order valence-corrected chi connectivity index (χ4v) is 4.12. The molecule has 1 aromatic carbocycles. The van der Waals surface area contributed by atoms with Crippen LogP contribution in [0.3, 0.4) is 0 Å². The number of alkyl halides is 3. The lowest BCUT2D eigenvalue weighted by atomic mass is 10.0. The molecule has 0 atom stereocenters. The summed E-state index contributed by atoms with van der Waals surface area (Å²) in [5, 5.41) is 0. The lowest BCUT2D eigenvalue weighted by molar-refractivity contribution is -0.138. The molecule has 0 saturated carbocycles. The summed E-state index contributed by atoms with van der Waals surface area (Å²) in [6, 6.07) is 3.94. The highest BCUT2D eigenvalue weighted by molar-refractivity contribution is 5.49. The molecule has 2 aromatic rings. The number of nitrogens with zero attached hydrogens (tertiary/aromatic N) is 2. The van der Waals surface area contributed by atoms with E-state index in [1.54, 1.807) is 0 Å². The zero-order chi connectivity index (χ0) is 21.3. The van der Waals surface area contributed by atoms with Crippen molar-refractivity contribution in [3.8, 4) is 5.69 Å². The van der Waals surface area contributed by atoms with Crippen molar-refractivity contribution < 1.29 is 13.2 Å². The highest BCUT2D eigenvalue weighted by atomic mass is 19.4. The topological polar surface area (TPSA) is 26.9 Å². The smallest absolute Gasteiger partial charge is 0.280 e. The lowest BCUT2D eigenvalue weighted by Gasteiger charge is -2.19. The molecular weight excluding hydrogens is 377 g/mol. The van der Waals surface area contributed by atoms with Crippen molar-refractivity contribution >= 4 is 0 Å². The van der Waals surface area contributed by atoms with Crippen molar-refractivity contribution in [2.24, 2.45) is 0 Å². The fourth-order valence-electron chi connectivity index (χ4n) is 4.12. The highest BCUT2D eigenvalue weighted by Gasteiger charge is 2.37. The van der Waals surface area contributed by atoms with Gasteiger partial charge in [-0.25, -0.2) is 4.68 Å². The third-order valence-corrected chi connectivity index (χ3v) is 5.29. The van der Waals surface area contributed by atoms with E-state index in [2.05, 4.69) is 13.0 Å². The fraction of sp³-hybridized carbons (Fsp3) is 0.435. The molecule has 156 valence electrons. The van der Waals surface area contributed by atoms with Crippen molar-refractivity contribution in [1.82, 2.24) is 9.36 Å². The number of allylic oxidation sites excluding steroid dienone is 4. The first-order chi connectivity index (χ1) is 13.6. The Morgan fingerprint density at radius 2 is 1.76 bits per heavy atom. The summed E-state index contributed by atoms with van der Waals surface area (Å²) in [6.45, 7) is 8.02. The molecule has 1 aromatic heterocycles. The minimum Gasteiger partial charge on any atom is -0.280 e. The van der Waals surface area contributed by atoms with Gasteiger partial charge in [-0.1, -0.05) is 43.2 Å². The molecule has 3 rings (SSSR count).